The molecule has 2 heterocycles. The third-order valence-electron chi connectivity index (χ3n) is 4.26. The zero-order valence-electron chi connectivity index (χ0n) is 13.8. The maximum Gasteiger partial charge on any atom is 0.147 e. The number of nitrogens with one attached hydrogen (secondary N) is 1. The molecule has 0 saturated carbocycles. The van der Waals surface area contributed by atoms with Gasteiger partial charge in [-0.05, 0) is 42.0 Å². The molecule has 0 aliphatic heterocycles. The maximum absolute atomic E-state index is 10.9. The van der Waals surface area contributed by atoms with Gasteiger partial charge in [0, 0.05) is 40.3 Å². The van der Waals surface area contributed by atoms with Crippen molar-refractivity contribution in [3.05, 3.63) is 95.4 Å². The second-order valence-electron chi connectivity index (χ2n) is 5.95. The molecule has 26 heavy (non-hydrogen) atoms. The summed E-state index contributed by atoms with van der Waals surface area (Å²) < 4.78 is 0. The molecule has 0 aliphatic rings. The Hall–Kier alpha value is -3.11. The highest BCUT2D eigenvalue weighted by molar-refractivity contribution is 6.30. The van der Waals surface area contributed by atoms with Crippen LogP contribution in [0.2, 0.25) is 5.02 Å². The van der Waals surface area contributed by atoms with Gasteiger partial charge in [0.2, 0.25) is 0 Å². The average Bonchev–Trinajstić information content (AvgIpc) is 2.69. The molecule has 4 rings (SSSR count). The number of hydrogen-bond donors (Lipinski definition) is 2. The number of phenolic OH excluding ortho intramolecular Hbond substituents is 1. The summed E-state index contributed by atoms with van der Waals surface area (Å²) in [5.41, 5.74) is 3.15. The van der Waals surface area contributed by atoms with Gasteiger partial charge in [-0.3, -0.25) is 9.97 Å². The number of benzene rings is 2. The lowest BCUT2D eigenvalue weighted by molar-refractivity contribution is 0.471. The van der Waals surface area contributed by atoms with Gasteiger partial charge >= 0.3 is 0 Å². The molecule has 0 amide bonds. The van der Waals surface area contributed by atoms with E-state index in [-0.39, 0.29) is 11.8 Å². The van der Waals surface area contributed by atoms with Crippen molar-refractivity contribution >= 4 is 28.2 Å². The van der Waals surface area contributed by atoms with Crippen molar-refractivity contribution in [2.24, 2.45) is 0 Å². The molecule has 0 fully saturated rings. The summed E-state index contributed by atoms with van der Waals surface area (Å²) in [6.07, 6.45) is 5.19. The van der Waals surface area contributed by atoms with Gasteiger partial charge in [-0.1, -0.05) is 35.9 Å². The van der Waals surface area contributed by atoms with E-state index in [2.05, 4.69) is 15.3 Å². The first-order valence-corrected chi connectivity index (χ1v) is 8.59. The molecule has 0 spiro atoms. The molecule has 128 valence electrons. The van der Waals surface area contributed by atoms with Crippen molar-refractivity contribution in [2.45, 2.75) is 6.04 Å². The summed E-state index contributed by atoms with van der Waals surface area (Å²) in [5.74, 6) is 0.165. The first kappa shape index (κ1) is 16.4. The number of aromatic hydroxyl groups is 1. The van der Waals surface area contributed by atoms with Crippen LogP contribution in [-0.4, -0.2) is 15.1 Å². The summed E-state index contributed by atoms with van der Waals surface area (Å²) in [6.45, 7) is 0. The van der Waals surface area contributed by atoms with Gasteiger partial charge < -0.3 is 10.4 Å². The second kappa shape index (κ2) is 7.02. The monoisotopic (exact) mass is 361 g/mol. The number of pyridine rings is 2. The molecule has 0 bridgehead atoms. The normalized spacial score (nSPS) is 12.0. The van der Waals surface area contributed by atoms with Gasteiger partial charge in [-0.15, -0.1) is 0 Å². The summed E-state index contributed by atoms with van der Waals surface area (Å²) >= 11 is 5.99. The van der Waals surface area contributed by atoms with Crippen LogP contribution < -0.4 is 5.32 Å². The van der Waals surface area contributed by atoms with Gasteiger partial charge in [-0.25, -0.2) is 0 Å². The Balaban J connectivity index is 1.83. The van der Waals surface area contributed by atoms with Crippen LogP contribution in [-0.2, 0) is 0 Å². The lowest BCUT2D eigenvalue weighted by atomic mass is 9.97. The standard InChI is InChI=1S/C21H16ClN3O/c22-16-6-8-17(9-7-16)25-19(15-4-1-11-23-13-15)18-10-5-14-3-2-12-24-20(14)21(18)26/h1-13,19,25-26H. The second-order valence-corrected chi connectivity index (χ2v) is 6.39. The SMILES string of the molecule is Oc1c(C(Nc2ccc(Cl)cc2)c2cccnc2)ccc2cccnc12. The lowest BCUT2D eigenvalue weighted by Crippen LogP contribution is -2.13. The fourth-order valence-corrected chi connectivity index (χ4v) is 3.10. The number of anilines is 1. The van der Waals surface area contributed by atoms with Crippen molar-refractivity contribution in [3.8, 4) is 5.75 Å². The number of phenols is 1. The first-order chi connectivity index (χ1) is 12.7. The number of fused-ring (bicyclic) bond motifs is 1. The Morgan fingerprint density at radius 1 is 0.923 bits per heavy atom. The van der Waals surface area contributed by atoms with Gasteiger partial charge in [-0.2, -0.15) is 0 Å². The summed E-state index contributed by atoms with van der Waals surface area (Å²) in [7, 11) is 0. The minimum Gasteiger partial charge on any atom is -0.505 e. The molecular formula is C21H16ClN3O. The Kier molecular flexibility index (Phi) is 4.42. The summed E-state index contributed by atoms with van der Waals surface area (Å²) in [4.78, 5) is 8.55. The molecule has 2 aromatic heterocycles. The fourth-order valence-electron chi connectivity index (χ4n) is 2.98. The smallest absolute Gasteiger partial charge is 0.147 e. The van der Waals surface area contributed by atoms with Gasteiger partial charge in [0.15, 0.2) is 0 Å². The number of aromatic nitrogens is 2. The van der Waals surface area contributed by atoms with Crippen molar-refractivity contribution in [3.63, 3.8) is 0 Å². The minimum atomic E-state index is -0.281. The molecule has 0 radical (unpaired) electrons. The number of hydrogen-bond acceptors (Lipinski definition) is 4. The van der Waals surface area contributed by atoms with E-state index in [4.69, 9.17) is 11.6 Å². The minimum absolute atomic E-state index is 0.165. The van der Waals surface area contributed by atoms with Crippen LogP contribution in [0, 0.1) is 0 Å². The number of halogens is 1. The molecular weight excluding hydrogens is 346 g/mol. The van der Waals surface area contributed by atoms with Crippen LogP contribution in [0.25, 0.3) is 10.9 Å². The average molecular weight is 362 g/mol. The van der Waals surface area contributed by atoms with Gasteiger partial charge in [0.1, 0.15) is 11.3 Å². The van der Waals surface area contributed by atoms with Crippen molar-refractivity contribution in [2.75, 3.05) is 5.32 Å². The Morgan fingerprint density at radius 3 is 2.50 bits per heavy atom. The van der Waals surface area contributed by atoms with Crippen LogP contribution >= 0.6 is 11.6 Å². The molecule has 4 aromatic rings. The molecule has 2 N–H and O–H groups in total. The van der Waals surface area contributed by atoms with Crippen LogP contribution in [0.15, 0.2) is 79.3 Å². The van der Waals surface area contributed by atoms with Crippen LogP contribution in [0.5, 0.6) is 5.75 Å². The zero-order chi connectivity index (χ0) is 17.9. The summed E-state index contributed by atoms with van der Waals surface area (Å²) in [6, 6.07) is 18.7. The molecule has 0 saturated heterocycles. The van der Waals surface area contributed by atoms with Crippen molar-refractivity contribution in [1.29, 1.82) is 0 Å². The van der Waals surface area contributed by atoms with E-state index in [0.29, 0.717) is 10.5 Å². The zero-order valence-corrected chi connectivity index (χ0v) is 14.6. The fraction of sp³-hybridized carbons (Fsp3) is 0.0476. The van der Waals surface area contributed by atoms with Gasteiger partial charge in [0.05, 0.1) is 6.04 Å². The van der Waals surface area contributed by atoms with Gasteiger partial charge in [0.25, 0.3) is 0 Å². The van der Waals surface area contributed by atoms with Crippen molar-refractivity contribution < 1.29 is 5.11 Å². The quantitative estimate of drug-likeness (QED) is 0.525. The highest BCUT2D eigenvalue weighted by Gasteiger charge is 2.20. The van der Waals surface area contributed by atoms with Crippen LogP contribution in [0.1, 0.15) is 17.2 Å². The Bertz CT molecular complexity index is 1040. The lowest BCUT2D eigenvalue weighted by Gasteiger charge is -2.22. The van der Waals surface area contributed by atoms with E-state index in [1.807, 2.05) is 60.7 Å². The predicted molar refractivity (Wildman–Crippen MR) is 105 cm³/mol. The molecule has 1 atom stereocenters. The molecule has 4 nitrogen and oxygen atoms in total. The van der Waals surface area contributed by atoms with E-state index in [9.17, 15) is 5.11 Å². The third kappa shape index (κ3) is 3.19. The topological polar surface area (TPSA) is 58.0 Å². The van der Waals surface area contributed by atoms with E-state index >= 15 is 0 Å². The maximum atomic E-state index is 10.9. The number of nitrogens with zero attached hydrogens (tertiary/aromatic N) is 2. The van der Waals surface area contributed by atoms with Crippen molar-refractivity contribution in [1.82, 2.24) is 9.97 Å². The highest BCUT2D eigenvalue weighted by atomic mass is 35.5. The largest absolute Gasteiger partial charge is 0.505 e. The Labute approximate surface area is 156 Å². The van der Waals surface area contributed by atoms with Crippen LogP contribution in [0.4, 0.5) is 5.69 Å². The van der Waals surface area contributed by atoms with E-state index in [1.54, 1.807) is 18.6 Å². The number of rotatable bonds is 4. The molecule has 2 aromatic carbocycles. The molecule has 5 heteroatoms. The predicted octanol–water partition coefficient (Wildman–Crippen LogP) is 5.19. The van der Waals surface area contributed by atoms with Crippen LogP contribution in [0.3, 0.4) is 0 Å². The molecule has 1 unspecified atom stereocenters. The van der Waals surface area contributed by atoms with E-state index < -0.39 is 0 Å². The van der Waals surface area contributed by atoms with E-state index in [0.717, 1.165) is 22.2 Å². The highest BCUT2D eigenvalue weighted by Crippen LogP contribution is 2.36. The summed E-state index contributed by atoms with van der Waals surface area (Å²) in [5, 5.41) is 15.9. The molecule has 0 aliphatic carbocycles. The Morgan fingerprint density at radius 2 is 1.73 bits per heavy atom. The van der Waals surface area contributed by atoms with E-state index in [1.165, 1.54) is 0 Å². The third-order valence-corrected chi connectivity index (χ3v) is 4.52. The first-order valence-electron chi connectivity index (χ1n) is 8.21.